The first-order chi connectivity index (χ1) is 23.3. The molecule has 0 saturated carbocycles. The molecule has 1 N–H and O–H groups in total. The summed E-state index contributed by atoms with van der Waals surface area (Å²) in [5.41, 5.74) is -0.427. The minimum atomic E-state index is -1.88. The van der Waals surface area contributed by atoms with E-state index in [4.69, 9.17) is 18.9 Å². The van der Waals surface area contributed by atoms with Crippen LogP contribution in [-0.4, -0.2) is 71.7 Å². The monoisotopic (exact) mass is 686 g/mol. The third kappa shape index (κ3) is 6.61. The van der Waals surface area contributed by atoms with Crippen molar-refractivity contribution in [3.8, 4) is 0 Å². The molecule has 2 amide bonds. The Hall–Kier alpha value is -4.49. The zero-order chi connectivity index (χ0) is 33.7. The summed E-state index contributed by atoms with van der Waals surface area (Å²) in [4.78, 5) is 57.2. The summed E-state index contributed by atoms with van der Waals surface area (Å²) in [6.45, 7) is 0.848. The quantitative estimate of drug-likeness (QED) is 0.128. The van der Waals surface area contributed by atoms with Gasteiger partial charge in [0.25, 0.3) is 11.6 Å². The first-order valence-corrected chi connectivity index (χ1v) is 17.0. The summed E-state index contributed by atoms with van der Waals surface area (Å²) in [5, 5.41) is 4.59. The van der Waals surface area contributed by atoms with Crippen LogP contribution in [0.5, 0.6) is 0 Å². The highest BCUT2D eigenvalue weighted by Gasteiger charge is 2.73. The van der Waals surface area contributed by atoms with Crippen LogP contribution in [0.1, 0.15) is 29.0 Å². The van der Waals surface area contributed by atoms with E-state index in [1.165, 1.54) is 42.0 Å². The maximum atomic E-state index is 14.7. The smallest absolute Gasteiger partial charge is 0.331 e. The maximum Gasteiger partial charge on any atom is 0.331 e. The van der Waals surface area contributed by atoms with Crippen molar-refractivity contribution < 1.29 is 38.1 Å². The summed E-state index contributed by atoms with van der Waals surface area (Å²) >= 11 is 2.67. The van der Waals surface area contributed by atoms with Gasteiger partial charge in [0.2, 0.25) is 5.91 Å². The molecule has 0 aliphatic carbocycles. The van der Waals surface area contributed by atoms with Gasteiger partial charge in [-0.1, -0.05) is 84.9 Å². The number of β-lactam (4-membered cyclic amide) rings is 1. The predicted molar refractivity (Wildman–Crippen MR) is 179 cm³/mol. The number of hydrogen-bond acceptors (Lipinski definition) is 10. The number of thioether (sulfide) groups is 1. The standard InChI is InChI=1S/C36H34N2O8S2/c1-24(39)44-22-35(48-27-17-10-5-11-18-27)23-45-34-36(43-2,37-29(40)21-28-19-12-20-47-28)33(42)38(34)31(35)32(41)46-30(25-13-6-3-7-14-25)26-15-8-4-9-16-26/h3-20,30-31,34H,21-23H2,1-2H3,(H,37,40)/t31-,34+,35+,36-/m0/s1. The van der Waals surface area contributed by atoms with E-state index in [0.29, 0.717) is 0 Å². The fourth-order valence-corrected chi connectivity index (χ4v) is 8.02. The van der Waals surface area contributed by atoms with Crippen molar-refractivity contribution in [3.05, 3.63) is 125 Å². The molecule has 10 nitrogen and oxygen atoms in total. The van der Waals surface area contributed by atoms with Gasteiger partial charge in [0.15, 0.2) is 18.4 Å². The Morgan fingerprint density at radius 3 is 2.15 bits per heavy atom. The van der Waals surface area contributed by atoms with Crippen LogP contribution >= 0.6 is 23.1 Å². The van der Waals surface area contributed by atoms with Crippen molar-refractivity contribution in [2.24, 2.45) is 0 Å². The lowest BCUT2D eigenvalue weighted by Gasteiger charge is -2.61. The van der Waals surface area contributed by atoms with Crippen molar-refractivity contribution in [2.75, 3.05) is 20.3 Å². The maximum absolute atomic E-state index is 14.7. The highest BCUT2D eigenvalue weighted by atomic mass is 32.2. The van der Waals surface area contributed by atoms with Crippen LogP contribution in [0.2, 0.25) is 0 Å². The van der Waals surface area contributed by atoms with Crippen LogP contribution in [0, 0.1) is 0 Å². The number of nitrogens with zero attached hydrogens (tertiary/aromatic N) is 1. The van der Waals surface area contributed by atoms with Gasteiger partial charge in [0.1, 0.15) is 11.4 Å². The van der Waals surface area contributed by atoms with Gasteiger partial charge in [-0.25, -0.2) is 4.79 Å². The molecule has 3 aromatic carbocycles. The Bertz CT molecular complexity index is 1700. The molecule has 1 aromatic heterocycles. The topological polar surface area (TPSA) is 120 Å². The fraction of sp³-hybridized carbons (Fsp3) is 0.278. The van der Waals surface area contributed by atoms with E-state index in [2.05, 4.69) is 5.32 Å². The molecule has 0 unspecified atom stereocenters. The van der Waals surface area contributed by atoms with Crippen molar-refractivity contribution >= 4 is 46.9 Å². The lowest BCUT2D eigenvalue weighted by atomic mass is 9.86. The average molecular weight is 687 g/mol. The Morgan fingerprint density at radius 1 is 0.958 bits per heavy atom. The number of ether oxygens (including phenoxy) is 4. The number of amides is 2. The number of methoxy groups -OCH3 is 1. The SMILES string of the molecule is CO[C@@]1(NC(=O)Cc2cccs2)C(=O)N2[C@@H](C(=O)OC(c3ccccc3)c3ccccc3)[C@](COC(C)=O)(Sc3ccccc3)CO[C@@H]21. The molecule has 6 rings (SSSR count). The van der Waals surface area contributed by atoms with Crippen LogP contribution in [-0.2, 0) is 44.5 Å². The number of carbonyl (C=O) groups is 4. The highest BCUT2D eigenvalue weighted by Crippen LogP contribution is 2.49. The summed E-state index contributed by atoms with van der Waals surface area (Å²) in [6, 6.07) is 30.2. The van der Waals surface area contributed by atoms with Gasteiger partial charge in [-0.15, -0.1) is 23.1 Å². The minimum Gasteiger partial charge on any atom is -0.464 e. The van der Waals surface area contributed by atoms with Crippen LogP contribution in [0.4, 0.5) is 0 Å². The first kappa shape index (κ1) is 33.4. The third-order valence-electron chi connectivity index (χ3n) is 8.22. The zero-order valence-electron chi connectivity index (χ0n) is 26.3. The average Bonchev–Trinajstić information content (AvgIpc) is 3.62. The molecular weight excluding hydrogens is 653 g/mol. The normalized spacial score (nSPS) is 23.1. The molecule has 248 valence electrons. The van der Waals surface area contributed by atoms with Crippen molar-refractivity contribution in [1.29, 1.82) is 0 Å². The Balaban J connectivity index is 1.39. The highest BCUT2D eigenvalue weighted by molar-refractivity contribution is 8.00. The molecule has 2 fully saturated rings. The molecule has 48 heavy (non-hydrogen) atoms. The second-order valence-corrected chi connectivity index (χ2v) is 13.9. The predicted octanol–water partition coefficient (Wildman–Crippen LogP) is 4.74. The number of carbonyl (C=O) groups excluding carboxylic acids is 4. The van der Waals surface area contributed by atoms with Crippen molar-refractivity contribution in [3.63, 3.8) is 0 Å². The van der Waals surface area contributed by atoms with Crippen molar-refractivity contribution in [2.45, 2.75) is 47.1 Å². The van der Waals surface area contributed by atoms with Crippen LogP contribution < -0.4 is 5.32 Å². The van der Waals surface area contributed by atoms with Gasteiger partial charge < -0.3 is 24.3 Å². The molecule has 0 bridgehead atoms. The number of fused-ring (bicyclic) bond motifs is 1. The van der Waals surface area contributed by atoms with E-state index >= 15 is 0 Å². The lowest BCUT2D eigenvalue weighted by molar-refractivity contribution is -0.290. The van der Waals surface area contributed by atoms with Gasteiger partial charge in [-0.05, 0) is 34.7 Å². The summed E-state index contributed by atoms with van der Waals surface area (Å²) in [7, 11) is 1.30. The van der Waals surface area contributed by atoms with E-state index in [1.807, 2.05) is 109 Å². The molecule has 12 heteroatoms. The van der Waals surface area contributed by atoms with Crippen LogP contribution in [0.25, 0.3) is 0 Å². The summed E-state index contributed by atoms with van der Waals surface area (Å²) < 4.78 is 22.6. The molecule has 4 atom stereocenters. The second kappa shape index (κ2) is 14.3. The van der Waals surface area contributed by atoms with E-state index in [0.717, 1.165) is 20.9 Å². The Morgan fingerprint density at radius 2 is 1.58 bits per heavy atom. The first-order valence-electron chi connectivity index (χ1n) is 15.3. The molecular formula is C36H34N2O8S2. The van der Waals surface area contributed by atoms with Gasteiger partial charge in [0.05, 0.1) is 13.0 Å². The Labute approximate surface area is 286 Å². The number of benzene rings is 3. The number of rotatable bonds is 12. The number of thiophene rings is 1. The second-order valence-electron chi connectivity index (χ2n) is 11.4. The van der Waals surface area contributed by atoms with Gasteiger partial charge in [0, 0.05) is 23.8 Å². The molecule has 2 saturated heterocycles. The molecule has 0 spiro atoms. The number of esters is 2. The third-order valence-corrected chi connectivity index (χ3v) is 10.5. The van der Waals surface area contributed by atoms with Crippen molar-refractivity contribution in [1.82, 2.24) is 10.2 Å². The molecule has 2 aliphatic rings. The van der Waals surface area contributed by atoms with E-state index < -0.39 is 52.6 Å². The van der Waals surface area contributed by atoms with Gasteiger partial charge in [-0.3, -0.25) is 19.3 Å². The molecule has 4 aromatic rings. The molecule has 2 aliphatic heterocycles. The summed E-state index contributed by atoms with van der Waals surface area (Å²) in [5.74, 6) is -2.43. The minimum absolute atomic E-state index is 0.0321. The van der Waals surface area contributed by atoms with E-state index in [1.54, 1.807) is 0 Å². The van der Waals surface area contributed by atoms with E-state index in [9.17, 15) is 19.2 Å². The number of hydrogen-bond donors (Lipinski definition) is 1. The van der Waals surface area contributed by atoms with Crippen LogP contribution in [0.3, 0.4) is 0 Å². The number of nitrogens with one attached hydrogen (secondary N) is 1. The molecule has 3 heterocycles. The Kier molecular flexibility index (Phi) is 9.97. The largest absolute Gasteiger partial charge is 0.464 e. The van der Waals surface area contributed by atoms with Gasteiger partial charge >= 0.3 is 11.9 Å². The fourth-order valence-electron chi connectivity index (χ4n) is 5.99. The summed E-state index contributed by atoms with van der Waals surface area (Å²) in [6.07, 6.45) is -1.96. The van der Waals surface area contributed by atoms with Crippen LogP contribution in [0.15, 0.2) is 113 Å². The molecule has 0 radical (unpaired) electrons. The van der Waals surface area contributed by atoms with Gasteiger partial charge in [-0.2, -0.15) is 0 Å². The lowest BCUT2D eigenvalue weighted by Crippen LogP contribution is -2.88. The van der Waals surface area contributed by atoms with E-state index in [-0.39, 0.29) is 19.6 Å². The zero-order valence-corrected chi connectivity index (χ0v) is 27.9.